The molecular formula is C15H14N2O2. The van der Waals surface area contributed by atoms with Gasteiger partial charge in [-0.05, 0) is 35.9 Å². The molecular weight excluding hydrogens is 240 g/mol. The van der Waals surface area contributed by atoms with Crippen LogP contribution in [0.25, 0.3) is 0 Å². The van der Waals surface area contributed by atoms with Gasteiger partial charge in [-0.2, -0.15) is 5.10 Å². The lowest BCUT2D eigenvalue weighted by molar-refractivity contribution is 0.174. The summed E-state index contributed by atoms with van der Waals surface area (Å²) in [6.07, 6.45) is 1.80. The van der Waals surface area contributed by atoms with Gasteiger partial charge in [-0.15, -0.1) is 0 Å². The molecule has 0 atom stereocenters. The average molecular weight is 254 g/mol. The van der Waals surface area contributed by atoms with Gasteiger partial charge in [0.2, 0.25) is 6.79 Å². The second kappa shape index (κ2) is 5.02. The molecule has 1 heterocycles. The van der Waals surface area contributed by atoms with Crippen molar-refractivity contribution in [3.05, 3.63) is 54.1 Å². The van der Waals surface area contributed by atoms with Gasteiger partial charge in [0.25, 0.3) is 0 Å². The summed E-state index contributed by atoms with van der Waals surface area (Å²) in [4.78, 5) is 0. The molecule has 19 heavy (non-hydrogen) atoms. The molecule has 0 bridgehead atoms. The Morgan fingerprint density at radius 2 is 1.84 bits per heavy atom. The lowest BCUT2D eigenvalue weighted by Gasteiger charge is -2.12. The summed E-state index contributed by atoms with van der Waals surface area (Å²) in [5.74, 6) is 1.56. The van der Waals surface area contributed by atoms with Gasteiger partial charge in [-0.3, -0.25) is 5.01 Å². The van der Waals surface area contributed by atoms with E-state index in [1.807, 2.05) is 60.6 Å². The van der Waals surface area contributed by atoms with E-state index in [1.165, 1.54) is 0 Å². The smallest absolute Gasteiger partial charge is 0.231 e. The van der Waals surface area contributed by atoms with Gasteiger partial charge in [0.05, 0.1) is 11.9 Å². The van der Waals surface area contributed by atoms with E-state index in [4.69, 9.17) is 9.47 Å². The number of hydrogen-bond acceptors (Lipinski definition) is 4. The average Bonchev–Trinajstić information content (AvgIpc) is 2.93. The highest BCUT2D eigenvalue weighted by Gasteiger charge is 2.12. The van der Waals surface area contributed by atoms with Gasteiger partial charge in [-0.1, -0.05) is 18.2 Å². The fourth-order valence-electron chi connectivity index (χ4n) is 1.86. The summed E-state index contributed by atoms with van der Waals surface area (Å²) in [6, 6.07) is 15.8. The monoisotopic (exact) mass is 254 g/mol. The van der Waals surface area contributed by atoms with Gasteiger partial charge < -0.3 is 9.47 Å². The molecule has 0 radical (unpaired) electrons. The van der Waals surface area contributed by atoms with Crippen molar-refractivity contribution >= 4 is 11.9 Å². The minimum Gasteiger partial charge on any atom is -0.454 e. The Hall–Kier alpha value is -2.49. The molecule has 0 spiro atoms. The number of ether oxygens (including phenoxy) is 2. The molecule has 0 fully saturated rings. The topological polar surface area (TPSA) is 34.1 Å². The summed E-state index contributed by atoms with van der Waals surface area (Å²) in [7, 11) is 1.92. The third-order valence-electron chi connectivity index (χ3n) is 2.91. The van der Waals surface area contributed by atoms with E-state index in [2.05, 4.69) is 5.10 Å². The summed E-state index contributed by atoms with van der Waals surface area (Å²) in [5.41, 5.74) is 2.02. The normalized spacial score (nSPS) is 12.9. The van der Waals surface area contributed by atoms with Crippen LogP contribution in [0.2, 0.25) is 0 Å². The number of hydrazone groups is 1. The minimum absolute atomic E-state index is 0.292. The third kappa shape index (κ3) is 2.52. The van der Waals surface area contributed by atoms with Crippen molar-refractivity contribution in [3.8, 4) is 11.5 Å². The first-order valence-electron chi connectivity index (χ1n) is 6.05. The van der Waals surface area contributed by atoms with Crippen LogP contribution in [0.4, 0.5) is 5.69 Å². The number of fused-ring (bicyclic) bond motifs is 1. The zero-order valence-electron chi connectivity index (χ0n) is 10.6. The van der Waals surface area contributed by atoms with Gasteiger partial charge in [0.15, 0.2) is 11.5 Å². The van der Waals surface area contributed by atoms with Crippen molar-refractivity contribution in [2.24, 2.45) is 5.10 Å². The fourth-order valence-corrected chi connectivity index (χ4v) is 1.86. The minimum atomic E-state index is 0.292. The van der Waals surface area contributed by atoms with Gasteiger partial charge in [0, 0.05) is 7.05 Å². The standard InChI is InChI=1S/C15H14N2O2/c1-17(13-5-3-2-4-6-13)16-10-12-7-8-14-15(9-12)19-11-18-14/h2-10H,11H2,1H3/b16-10+. The summed E-state index contributed by atoms with van der Waals surface area (Å²) in [6.45, 7) is 0.292. The van der Waals surface area contributed by atoms with Crippen LogP contribution in [-0.2, 0) is 0 Å². The maximum absolute atomic E-state index is 5.33. The van der Waals surface area contributed by atoms with E-state index in [-0.39, 0.29) is 0 Å². The zero-order valence-corrected chi connectivity index (χ0v) is 10.6. The first-order chi connectivity index (χ1) is 9.33. The highest BCUT2D eigenvalue weighted by Crippen LogP contribution is 2.32. The zero-order chi connectivity index (χ0) is 13.1. The van der Waals surface area contributed by atoms with E-state index in [0.717, 1.165) is 22.7 Å². The van der Waals surface area contributed by atoms with Crippen LogP contribution >= 0.6 is 0 Å². The predicted molar refractivity (Wildman–Crippen MR) is 75.0 cm³/mol. The quantitative estimate of drug-likeness (QED) is 0.624. The first kappa shape index (κ1) is 11.6. The van der Waals surface area contributed by atoms with E-state index in [1.54, 1.807) is 6.21 Å². The highest BCUT2D eigenvalue weighted by molar-refractivity contribution is 5.81. The summed E-state index contributed by atoms with van der Waals surface area (Å²) in [5, 5.41) is 6.23. The Morgan fingerprint density at radius 3 is 2.68 bits per heavy atom. The molecule has 3 rings (SSSR count). The van der Waals surface area contributed by atoms with Crippen LogP contribution in [-0.4, -0.2) is 20.1 Å². The van der Waals surface area contributed by atoms with Crippen LogP contribution < -0.4 is 14.5 Å². The molecule has 4 nitrogen and oxygen atoms in total. The van der Waals surface area contributed by atoms with Crippen LogP contribution in [0, 0.1) is 0 Å². The molecule has 0 saturated heterocycles. The number of anilines is 1. The molecule has 1 aliphatic rings. The maximum atomic E-state index is 5.33. The van der Waals surface area contributed by atoms with Crippen molar-refractivity contribution in [3.63, 3.8) is 0 Å². The molecule has 4 heteroatoms. The van der Waals surface area contributed by atoms with Crippen molar-refractivity contribution in [2.45, 2.75) is 0 Å². The predicted octanol–water partition coefficient (Wildman–Crippen LogP) is 2.89. The number of rotatable bonds is 3. The second-order valence-electron chi connectivity index (χ2n) is 4.22. The van der Waals surface area contributed by atoms with Crippen molar-refractivity contribution in [1.82, 2.24) is 0 Å². The molecule has 2 aromatic carbocycles. The van der Waals surface area contributed by atoms with E-state index in [0.29, 0.717) is 6.79 Å². The Balaban J connectivity index is 1.76. The van der Waals surface area contributed by atoms with Gasteiger partial charge >= 0.3 is 0 Å². The highest BCUT2D eigenvalue weighted by atomic mass is 16.7. The largest absolute Gasteiger partial charge is 0.454 e. The molecule has 0 unspecified atom stereocenters. The van der Waals surface area contributed by atoms with Crippen LogP contribution in [0.3, 0.4) is 0 Å². The lowest BCUT2D eigenvalue weighted by atomic mass is 10.2. The van der Waals surface area contributed by atoms with Crippen LogP contribution in [0.15, 0.2) is 53.6 Å². The number of benzene rings is 2. The summed E-state index contributed by atoms with van der Waals surface area (Å²) < 4.78 is 10.6. The summed E-state index contributed by atoms with van der Waals surface area (Å²) >= 11 is 0. The van der Waals surface area contributed by atoms with E-state index >= 15 is 0 Å². The molecule has 1 aliphatic heterocycles. The first-order valence-corrected chi connectivity index (χ1v) is 6.05. The van der Waals surface area contributed by atoms with Crippen LogP contribution in [0.1, 0.15) is 5.56 Å². The maximum Gasteiger partial charge on any atom is 0.231 e. The fraction of sp³-hybridized carbons (Fsp3) is 0.133. The van der Waals surface area contributed by atoms with Crippen LogP contribution in [0.5, 0.6) is 11.5 Å². The Bertz CT molecular complexity index is 596. The molecule has 0 aromatic heterocycles. The van der Waals surface area contributed by atoms with Gasteiger partial charge in [0.1, 0.15) is 0 Å². The van der Waals surface area contributed by atoms with Crippen molar-refractivity contribution in [2.75, 3.05) is 18.8 Å². The number of para-hydroxylation sites is 1. The molecule has 0 N–H and O–H groups in total. The second-order valence-corrected chi connectivity index (χ2v) is 4.22. The molecule has 96 valence electrons. The van der Waals surface area contributed by atoms with E-state index < -0.39 is 0 Å². The van der Waals surface area contributed by atoms with Crippen molar-refractivity contribution in [1.29, 1.82) is 0 Å². The van der Waals surface area contributed by atoms with Gasteiger partial charge in [-0.25, -0.2) is 0 Å². The lowest BCUT2D eigenvalue weighted by Crippen LogP contribution is -2.08. The Kier molecular flexibility index (Phi) is 3.06. The molecule has 0 amide bonds. The molecule has 2 aromatic rings. The Labute approximate surface area is 111 Å². The number of hydrogen-bond donors (Lipinski definition) is 0. The Morgan fingerprint density at radius 1 is 1.05 bits per heavy atom. The third-order valence-corrected chi connectivity index (χ3v) is 2.91. The molecule has 0 saturated carbocycles. The molecule has 0 aliphatic carbocycles. The number of nitrogens with zero attached hydrogens (tertiary/aromatic N) is 2. The van der Waals surface area contributed by atoms with E-state index in [9.17, 15) is 0 Å². The van der Waals surface area contributed by atoms with Crippen molar-refractivity contribution < 1.29 is 9.47 Å². The SMILES string of the molecule is CN(/N=C/c1ccc2c(c1)OCO2)c1ccccc1.